The molecule has 1 amide bonds. The van der Waals surface area contributed by atoms with Crippen LogP contribution in [0.15, 0.2) is 30.3 Å². The molecule has 0 bridgehead atoms. The highest BCUT2D eigenvalue weighted by Crippen LogP contribution is 2.23. The average Bonchev–Trinajstić information content (AvgIpc) is 3.09. The average molecular weight is 488 g/mol. The molecule has 0 aliphatic carbocycles. The Kier molecular flexibility index (Phi) is 8.87. The quantitative estimate of drug-likeness (QED) is 0.417. The van der Waals surface area contributed by atoms with Crippen molar-refractivity contribution in [2.75, 3.05) is 26.3 Å². The number of rotatable bonds is 8. The molecule has 1 aliphatic rings. The van der Waals surface area contributed by atoms with Gasteiger partial charge in [0.05, 0.1) is 24.8 Å². The fourth-order valence-corrected chi connectivity index (χ4v) is 4.07. The SMILES string of the molecule is CCOC(=O)C1CCN(C(=O)COC(=O)/C=C/c2c(C)nn(Cc3ccc(C)cc3)c2Cl)CC1. The van der Waals surface area contributed by atoms with Gasteiger partial charge in [0, 0.05) is 24.7 Å². The summed E-state index contributed by atoms with van der Waals surface area (Å²) in [7, 11) is 0. The molecule has 1 saturated heterocycles. The van der Waals surface area contributed by atoms with E-state index in [1.165, 1.54) is 11.6 Å². The Hall–Kier alpha value is -3.13. The lowest BCUT2D eigenvalue weighted by Gasteiger charge is -2.30. The van der Waals surface area contributed by atoms with Gasteiger partial charge in [-0.2, -0.15) is 5.10 Å². The van der Waals surface area contributed by atoms with E-state index in [1.807, 2.05) is 38.1 Å². The van der Waals surface area contributed by atoms with E-state index in [-0.39, 0.29) is 24.4 Å². The van der Waals surface area contributed by atoms with Crippen molar-refractivity contribution < 1.29 is 23.9 Å². The number of carbonyl (C=O) groups is 3. The van der Waals surface area contributed by atoms with Crippen LogP contribution in [0.2, 0.25) is 5.15 Å². The van der Waals surface area contributed by atoms with Gasteiger partial charge in [-0.05, 0) is 45.3 Å². The van der Waals surface area contributed by atoms with E-state index < -0.39 is 5.97 Å². The van der Waals surface area contributed by atoms with Gasteiger partial charge in [0.2, 0.25) is 0 Å². The second-order valence-electron chi connectivity index (χ2n) is 8.28. The van der Waals surface area contributed by atoms with Crippen molar-refractivity contribution in [1.29, 1.82) is 0 Å². The fraction of sp³-hybridized carbons (Fsp3) is 0.440. The molecule has 182 valence electrons. The number of likely N-dealkylation sites (tertiary alicyclic amines) is 1. The first-order chi connectivity index (χ1) is 16.3. The van der Waals surface area contributed by atoms with Crippen molar-refractivity contribution in [3.8, 4) is 0 Å². The van der Waals surface area contributed by atoms with Crippen LogP contribution in [0.3, 0.4) is 0 Å². The van der Waals surface area contributed by atoms with Crippen molar-refractivity contribution in [2.45, 2.75) is 40.2 Å². The topological polar surface area (TPSA) is 90.7 Å². The van der Waals surface area contributed by atoms with Gasteiger partial charge in [-0.1, -0.05) is 41.4 Å². The fourth-order valence-electron chi connectivity index (χ4n) is 3.78. The number of halogens is 1. The van der Waals surface area contributed by atoms with Gasteiger partial charge in [-0.15, -0.1) is 0 Å². The molecule has 1 aromatic heterocycles. The first kappa shape index (κ1) is 25.5. The Morgan fingerprint density at radius 1 is 1.12 bits per heavy atom. The molecular weight excluding hydrogens is 458 g/mol. The maximum Gasteiger partial charge on any atom is 0.331 e. The molecule has 0 spiro atoms. The van der Waals surface area contributed by atoms with Gasteiger partial charge in [-0.3, -0.25) is 9.59 Å². The number of carbonyl (C=O) groups excluding carboxylic acids is 3. The molecule has 1 fully saturated rings. The summed E-state index contributed by atoms with van der Waals surface area (Å²) >= 11 is 6.48. The number of nitrogens with zero attached hydrogens (tertiary/aromatic N) is 3. The van der Waals surface area contributed by atoms with Crippen molar-refractivity contribution in [3.05, 3.63) is 57.9 Å². The molecule has 9 heteroatoms. The van der Waals surface area contributed by atoms with E-state index in [9.17, 15) is 14.4 Å². The lowest BCUT2D eigenvalue weighted by Crippen LogP contribution is -2.42. The van der Waals surface area contributed by atoms with Gasteiger partial charge < -0.3 is 14.4 Å². The van der Waals surface area contributed by atoms with Gasteiger partial charge in [0.1, 0.15) is 5.15 Å². The number of hydrogen-bond acceptors (Lipinski definition) is 6. The third kappa shape index (κ3) is 6.70. The lowest BCUT2D eigenvalue weighted by molar-refractivity contribution is -0.153. The molecule has 0 saturated carbocycles. The number of aromatic nitrogens is 2. The normalized spacial score (nSPS) is 14.4. The predicted molar refractivity (Wildman–Crippen MR) is 128 cm³/mol. The molecule has 2 aromatic rings. The first-order valence-electron chi connectivity index (χ1n) is 11.4. The Balaban J connectivity index is 1.49. The number of hydrogen-bond donors (Lipinski definition) is 0. The van der Waals surface area contributed by atoms with Gasteiger partial charge in [-0.25, -0.2) is 9.48 Å². The summed E-state index contributed by atoms with van der Waals surface area (Å²) in [4.78, 5) is 37.9. The van der Waals surface area contributed by atoms with E-state index in [4.69, 9.17) is 21.1 Å². The van der Waals surface area contributed by atoms with Crippen LogP contribution in [0.5, 0.6) is 0 Å². The van der Waals surface area contributed by atoms with Gasteiger partial charge in [0.15, 0.2) is 6.61 Å². The first-order valence-corrected chi connectivity index (χ1v) is 11.7. The highest BCUT2D eigenvalue weighted by molar-refractivity contribution is 6.31. The number of ether oxygens (including phenoxy) is 2. The van der Waals surface area contributed by atoms with Crippen molar-refractivity contribution in [1.82, 2.24) is 14.7 Å². The summed E-state index contributed by atoms with van der Waals surface area (Å²) in [5.74, 6) is -1.34. The number of esters is 2. The van der Waals surface area contributed by atoms with Crippen LogP contribution in [0.4, 0.5) is 0 Å². The molecule has 0 N–H and O–H groups in total. The Morgan fingerprint density at radius 2 is 1.79 bits per heavy atom. The van der Waals surface area contributed by atoms with E-state index >= 15 is 0 Å². The van der Waals surface area contributed by atoms with Crippen LogP contribution in [0, 0.1) is 19.8 Å². The van der Waals surface area contributed by atoms with Crippen LogP contribution < -0.4 is 0 Å². The van der Waals surface area contributed by atoms with Crippen LogP contribution in [-0.4, -0.2) is 58.8 Å². The highest BCUT2D eigenvalue weighted by Gasteiger charge is 2.28. The smallest absolute Gasteiger partial charge is 0.331 e. The van der Waals surface area contributed by atoms with Crippen LogP contribution in [-0.2, 0) is 30.4 Å². The molecule has 34 heavy (non-hydrogen) atoms. The van der Waals surface area contributed by atoms with E-state index in [0.29, 0.717) is 55.5 Å². The summed E-state index contributed by atoms with van der Waals surface area (Å²) < 4.78 is 11.8. The molecule has 0 atom stereocenters. The maximum atomic E-state index is 12.4. The summed E-state index contributed by atoms with van der Waals surface area (Å²) in [5, 5.41) is 4.88. The van der Waals surface area contributed by atoms with Crippen LogP contribution >= 0.6 is 11.6 Å². The third-order valence-corrected chi connectivity index (χ3v) is 6.15. The van der Waals surface area contributed by atoms with E-state index in [2.05, 4.69) is 5.10 Å². The molecule has 2 heterocycles. The number of amides is 1. The lowest BCUT2D eigenvalue weighted by atomic mass is 9.97. The largest absolute Gasteiger partial charge is 0.466 e. The van der Waals surface area contributed by atoms with Crippen LogP contribution in [0.25, 0.3) is 6.08 Å². The van der Waals surface area contributed by atoms with Crippen LogP contribution in [0.1, 0.15) is 42.1 Å². The molecule has 1 aliphatic heterocycles. The number of aryl methyl sites for hydroxylation is 2. The summed E-state index contributed by atoms with van der Waals surface area (Å²) in [6.45, 7) is 6.98. The molecule has 1 aromatic carbocycles. The van der Waals surface area contributed by atoms with Crippen molar-refractivity contribution in [2.24, 2.45) is 5.92 Å². The zero-order valence-electron chi connectivity index (χ0n) is 19.8. The molecule has 3 rings (SSSR count). The molecule has 8 nitrogen and oxygen atoms in total. The molecule has 0 unspecified atom stereocenters. The van der Waals surface area contributed by atoms with Crippen molar-refractivity contribution in [3.63, 3.8) is 0 Å². The second kappa shape index (κ2) is 11.8. The zero-order chi connectivity index (χ0) is 24.7. The Bertz CT molecular complexity index is 1050. The van der Waals surface area contributed by atoms with Gasteiger partial charge >= 0.3 is 11.9 Å². The molecular formula is C25H30ClN3O5. The van der Waals surface area contributed by atoms with E-state index in [0.717, 1.165) is 5.56 Å². The summed E-state index contributed by atoms with van der Waals surface area (Å²) in [5.41, 5.74) is 3.54. The Labute approximate surface area is 204 Å². The minimum atomic E-state index is -0.642. The van der Waals surface area contributed by atoms with Crippen molar-refractivity contribution >= 4 is 35.5 Å². The Morgan fingerprint density at radius 3 is 2.44 bits per heavy atom. The number of piperidine rings is 1. The van der Waals surface area contributed by atoms with E-state index in [1.54, 1.807) is 22.6 Å². The monoisotopic (exact) mass is 487 g/mol. The minimum Gasteiger partial charge on any atom is -0.466 e. The zero-order valence-corrected chi connectivity index (χ0v) is 20.5. The highest BCUT2D eigenvalue weighted by atomic mass is 35.5. The minimum absolute atomic E-state index is 0.186. The standard InChI is InChI=1S/C25H30ClN3O5/c1-4-33-25(32)20-11-13-28(14-12-20)22(30)16-34-23(31)10-9-21-18(3)27-29(24(21)26)15-19-7-5-17(2)6-8-19/h5-10,20H,4,11-16H2,1-3H3/b10-9+. The maximum absolute atomic E-state index is 12.4. The predicted octanol–water partition coefficient (Wildman–Crippen LogP) is 3.56. The summed E-state index contributed by atoms with van der Waals surface area (Å²) in [6.07, 6.45) is 3.88. The summed E-state index contributed by atoms with van der Waals surface area (Å²) in [6, 6.07) is 8.10. The van der Waals surface area contributed by atoms with Gasteiger partial charge in [0.25, 0.3) is 5.91 Å². The second-order valence-corrected chi connectivity index (χ2v) is 8.64. The third-order valence-electron chi connectivity index (χ3n) is 5.75. The number of benzene rings is 1. The molecule has 0 radical (unpaired) electrons.